The Balaban J connectivity index is 1.79. The maximum Gasteiger partial charge on any atom is 0.262 e. The van der Waals surface area contributed by atoms with Gasteiger partial charge in [0, 0.05) is 10.5 Å². The van der Waals surface area contributed by atoms with Crippen LogP contribution in [0.1, 0.15) is 38.2 Å². The minimum atomic E-state index is -0.319. The monoisotopic (exact) mass is 390 g/mol. The summed E-state index contributed by atoms with van der Waals surface area (Å²) in [6.07, 6.45) is 5.99. The molecule has 1 aromatic rings. The molecule has 1 aliphatic carbocycles. The average molecular weight is 391 g/mol. The summed E-state index contributed by atoms with van der Waals surface area (Å²) in [5.41, 5.74) is 0.801. The van der Waals surface area contributed by atoms with E-state index < -0.39 is 0 Å². The molecule has 1 amide bonds. The number of nitrogens with zero attached hydrogens (tertiary/aromatic N) is 1. The molecule has 1 heterocycles. The van der Waals surface area contributed by atoms with E-state index in [0.717, 1.165) is 23.7 Å². The molecule has 1 aliphatic heterocycles. The van der Waals surface area contributed by atoms with Crippen LogP contribution < -0.4 is 14.8 Å². The molecular weight excluding hydrogens is 372 g/mol. The van der Waals surface area contributed by atoms with Crippen molar-refractivity contribution in [2.45, 2.75) is 38.6 Å². The molecule has 126 valence electrons. The Bertz CT molecular complexity index is 724. The average Bonchev–Trinajstić information content (AvgIpc) is 3.01. The summed E-state index contributed by atoms with van der Waals surface area (Å²) in [5, 5.41) is 12.4. The lowest BCUT2D eigenvalue weighted by atomic mass is 9.86. The van der Waals surface area contributed by atoms with Crippen molar-refractivity contribution in [3.8, 4) is 17.6 Å². The van der Waals surface area contributed by atoms with Gasteiger partial charge in [-0.3, -0.25) is 4.79 Å². The third kappa shape index (κ3) is 3.57. The normalized spacial score (nSPS) is 22.8. The van der Waals surface area contributed by atoms with Gasteiger partial charge in [0.15, 0.2) is 11.5 Å². The van der Waals surface area contributed by atoms with Crippen molar-refractivity contribution in [2.24, 2.45) is 5.92 Å². The van der Waals surface area contributed by atoms with Crippen LogP contribution in [0, 0.1) is 17.2 Å². The summed E-state index contributed by atoms with van der Waals surface area (Å²) in [6, 6.07) is 5.69. The molecule has 1 N–H and O–H groups in total. The van der Waals surface area contributed by atoms with Gasteiger partial charge in [0.05, 0.1) is 0 Å². The maximum atomic E-state index is 12.5. The first kappa shape index (κ1) is 16.8. The fourth-order valence-corrected chi connectivity index (χ4v) is 3.56. The number of benzene rings is 1. The lowest BCUT2D eigenvalue weighted by molar-refractivity contribution is -0.118. The molecule has 0 bridgehead atoms. The van der Waals surface area contributed by atoms with E-state index in [0.29, 0.717) is 23.0 Å². The molecule has 1 aromatic carbocycles. The molecule has 3 rings (SSSR count). The van der Waals surface area contributed by atoms with Gasteiger partial charge in [-0.05, 0) is 42.5 Å². The summed E-state index contributed by atoms with van der Waals surface area (Å²) in [7, 11) is 0. The minimum absolute atomic E-state index is 0.0901. The van der Waals surface area contributed by atoms with Crippen LogP contribution in [0.4, 0.5) is 0 Å². The Kier molecular flexibility index (Phi) is 5.10. The van der Waals surface area contributed by atoms with E-state index in [1.165, 1.54) is 6.42 Å². The molecule has 0 saturated heterocycles. The van der Waals surface area contributed by atoms with E-state index in [1.807, 2.05) is 6.07 Å². The van der Waals surface area contributed by atoms with Crippen LogP contribution in [0.15, 0.2) is 22.2 Å². The van der Waals surface area contributed by atoms with E-state index in [-0.39, 0.29) is 24.3 Å². The summed E-state index contributed by atoms with van der Waals surface area (Å²) >= 11 is 3.44. The van der Waals surface area contributed by atoms with Crippen LogP contribution in [-0.4, -0.2) is 18.7 Å². The number of carbonyl (C=O) groups excluding carboxylic acids is 1. The van der Waals surface area contributed by atoms with Gasteiger partial charge in [0.1, 0.15) is 11.6 Å². The second kappa shape index (κ2) is 7.27. The van der Waals surface area contributed by atoms with Gasteiger partial charge in [0.2, 0.25) is 6.79 Å². The first-order valence-electron chi connectivity index (χ1n) is 8.10. The van der Waals surface area contributed by atoms with Gasteiger partial charge < -0.3 is 14.8 Å². The quantitative estimate of drug-likeness (QED) is 0.629. The summed E-state index contributed by atoms with van der Waals surface area (Å²) in [4.78, 5) is 12.5. The van der Waals surface area contributed by atoms with Gasteiger partial charge in [-0.15, -0.1) is 0 Å². The Labute approximate surface area is 149 Å². The molecule has 2 atom stereocenters. The molecule has 0 aromatic heterocycles. The van der Waals surface area contributed by atoms with Gasteiger partial charge in [-0.1, -0.05) is 35.7 Å². The number of ether oxygens (including phenoxy) is 2. The predicted molar refractivity (Wildman–Crippen MR) is 93.4 cm³/mol. The first-order chi connectivity index (χ1) is 11.6. The van der Waals surface area contributed by atoms with Gasteiger partial charge >= 0.3 is 0 Å². The van der Waals surface area contributed by atoms with Crippen LogP contribution in [0.3, 0.4) is 0 Å². The highest BCUT2D eigenvalue weighted by Crippen LogP contribution is 2.37. The maximum absolute atomic E-state index is 12.5. The molecule has 1 saturated carbocycles. The second-order valence-corrected chi connectivity index (χ2v) is 7.09. The number of rotatable bonds is 3. The molecule has 1 fully saturated rings. The fraction of sp³-hybridized carbons (Fsp3) is 0.444. The highest BCUT2D eigenvalue weighted by Gasteiger charge is 2.24. The standard InChI is InChI=1S/C18H19BrN2O3/c1-11-4-2-3-5-15(11)21-18(22)13(9-20)6-12-7-16-17(8-14(12)19)24-10-23-16/h6-8,11,15H,2-5,10H2,1H3,(H,21,22). The molecule has 24 heavy (non-hydrogen) atoms. The number of carbonyl (C=O) groups is 1. The molecule has 0 spiro atoms. The number of amides is 1. The molecular formula is C18H19BrN2O3. The Morgan fingerprint density at radius 1 is 1.33 bits per heavy atom. The van der Waals surface area contributed by atoms with E-state index in [1.54, 1.807) is 18.2 Å². The fourth-order valence-electron chi connectivity index (χ4n) is 3.12. The van der Waals surface area contributed by atoms with E-state index >= 15 is 0 Å². The third-order valence-electron chi connectivity index (χ3n) is 4.58. The van der Waals surface area contributed by atoms with E-state index in [4.69, 9.17) is 9.47 Å². The van der Waals surface area contributed by atoms with E-state index in [9.17, 15) is 10.1 Å². The van der Waals surface area contributed by atoms with E-state index in [2.05, 4.69) is 28.2 Å². The molecule has 0 radical (unpaired) electrons. The number of hydrogen-bond donors (Lipinski definition) is 1. The number of nitrogens with one attached hydrogen (secondary N) is 1. The van der Waals surface area contributed by atoms with Crippen molar-refractivity contribution in [1.82, 2.24) is 5.32 Å². The minimum Gasteiger partial charge on any atom is -0.454 e. The van der Waals surface area contributed by atoms with Gasteiger partial charge in [-0.2, -0.15) is 5.26 Å². The van der Waals surface area contributed by atoms with Crippen molar-refractivity contribution < 1.29 is 14.3 Å². The summed E-state index contributed by atoms with van der Waals surface area (Å²) < 4.78 is 11.4. The molecule has 2 unspecified atom stereocenters. The number of halogens is 1. The Hall–Kier alpha value is -2.00. The van der Waals surface area contributed by atoms with Crippen molar-refractivity contribution >= 4 is 27.9 Å². The van der Waals surface area contributed by atoms with Crippen molar-refractivity contribution in [2.75, 3.05) is 6.79 Å². The zero-order chi connectivity index (χ0) is 17.1. The molecule has 6 heteroatoms. The van der Waals surface area contributed by atoms with Crippen LogP contribution in [-0.2, 0) is 4.79 Å². The Morgan fingerprint density at radius 3 is 2.75 bits per heavy atom. The van der Waals surface area contributed by atoms with Crippen molar-refractivity contribution in [3.63, 3.8) is 0 Å². The molecule has 2 aliphatic rings. The topological polar surface area (TPSA) is 71.4 Å². The number of nitriles is 1. The number of fused-ring (bicyclic) bond motifs is 1. The smallest absolute Gasteiger partial charge is 0.262 e. The zero-order valence-corrected chi connectivity index (χ0v) is 15.1. The predicted octanol–water partition coefficient (Wildman–Crippen LogP) is 3.78. The molecule has 5 nitrogen and oxygen atoms in total. The first-order valence-corrected chi connectivity index (χ1v) is 8.89. The lowest BCUT2D eigenvalue weighted by Gasteiger charge is -2.29. The zero-order valence-electron chi connectivity index (χ0n) is 13.5. The largest absolute Gasteiger partial charge is 0.454 e. The SMILES string of the molecule is CC1CCCCC1NC(=O)C(C#N)=Cc1cc2c(cc1Br)OCO2. The highest BCUT2D eigenvalue weighted by atomic mass is 79.9. The van der Waals surface area contributed by atoms with Crippen LogP contribution in [0.5, 0.6) is 11.5 Å². The number of hydrogen-bond acceptors (Lipinski definition) is 4. The second-order valence-electron chi connectivity index (χ2n) is 6.24. The lowest BCUT2D eigenvalue weighted by Crippen LogP contribution is -2.41. The van der Waals surface area contributed by atoms with Crippen LogP contribution in [0.25, 0.3) is 6.08 Å². The van der Waals surface area contributed by atoms with Crippen molar-refractivity contribution in [3.05, 3.63) is 27.7 Å². The summed E-state index contributed by atoms with van der Waals surface area (Å²) in [5.74, 6) is 1.39. The Morgan fingerprint density at radius 2 is 2.04 bits per heavy atom. The van der Waals surface area contributed by atoms with Gasteiger partial charge in [0.25, 0.3) is 5.91 Å². The van der Waals surface area contributed by atoms with Gasteiger partial charge in [-0.25, -0.2) is 0 Å². The summed E-state index contributed by atoms with van der Waals surface area (Å²) in [6.45, 7) is 2.33. The van der Waals surface area contributed by atoms with Crippen LogP contribution in [0.2, 0.25) is 0 Å². The van der Waals surface area contributed by atoms with Crippen LogP contribution >= 0.6 is 15.9 Å². The van der Waals surface area contributed by atoms with Crippen molar-refractivity contribution in [1.29, 1.82) is 5.26 Å². The third-order valence-corrected chi connectivity index (χ3v) is 5.27. The highest BCUT2D eigenvalue weighted by molar-refractivity contribution is 9.10.